The van der Waals surface area contributed by atoms with Crippen molar-refractivity contribution in [3.05, 3.63) is 156 Å². The summed E-state index contributed by atoms with van der Waals surface area (Å²) in [5.41, 5.74) is 2.20. The molecule has 1 aliphatic rings. The van der Waals surface area contributed by atoms with E-state index < -0.39 is 17.5 Å². The van der Waals surface area contributed by atoms with E-state index in [-0.39, 0.29) is 18.8 Å². The Bertz CT molecular complexity index is 1950. The molecule has 5 aromatic rings. The van der Waals surface area contributed by atoms with Gasteiger partial charge >= 0.3 is 5.69 Å². The van der Waals surface area contributed by atoms with Crippen LogP contribution in [0.4, 0.5) is 5.69 Å². The fraction of sp³-hybridized carbons (Fsp3) is 0.147. The number of amidine groups is 1. The number of halogens is 2. The first kappa shape index (κ1) is 30.1. The van der Waals surface area contributed by atoms with Crippen LogP contribution in [0.5, 0.6) is 11.5 Å². The topological polar surface area (TPSA) is 87.3 Å². The van der Waals surface area contributed by atoms with Crippen molar-refractivity contribution < 1.29 is 14.3 Å². The lowest BCUT2D eigenvalue weighted by molar-refractivity contribution is 0.0866. The molecule has 0 aliphatic carbocycles. The second-order valence-corrected chi connectivity index (χ2v) is 11.2. The summed E-state index contributed by atoms with van der Waals surface area (Å²) >= 11 is 12.4. The largest absolute Gasteiger partial charge is 0.497 e. The van der Waals surface area contributed by atoms with Gasteiger partial charge in [0, 0.05) is 27.4 Å². The average molecular weight is 644 g/mol. The molecule has 4 aromatic carbocycles. The highest BCUT2D eigenvalue weighted by Crippen LogP contribution is 2.34. The van der Waals surface area contributed by atoms with E-state index in [1.165, 1.54) is 9.13 Å². The zero-order valence-electron chi connectivity index (χ0n) is 24.4. The minimum atomic E-state index is -0.818. The van der Waals surface area contributed by atoms with Crippen LogP contribution in [0.3, 0.4) is 0 Å². The van der Waals surface area contributed by atoms with Crippen LogP contribution in [0.2, 0.25) is 10.0 Å². The summed E-state index contributed by atoms with van der Waals surface area (Å²) in [7, 11) is 3.17. The predicted octanol–water partition coefficient (Wildman–Crippen LogP) is 6.33. The van der Waals surface area contributed by atoms with Gasteiger partial charge in [0.2, 0.25) is 6.23 Å². The van der Waals surface area contributed by atoms with Crippen LogP contribution in [0.1, 0.15) is 28.5 Å². The highest BCUT2D eigenvalue weighted by Gasteiger charge is 2.36. The molecule has 228 valence electrons. The quantitative estimate of drug-likeness (QED) is 0.187. The van der Waals surface area contributed by atoms with Crippen LogP contribution >= 0.6 is 23.2 Å². The molecule has 0 N–H and O–H groups in total. The maximum atomic E-state index is 14.4. The Morgan fingerprint density at radius 3 is 1.82 bits per heavy atom. The first-order valence-electron chi connectivity index (χ1n) is 14.0. The number of hydrogen-bond donors (Lipinski definition) is 0. The fourth-order valence-electron chi connectivity index (χ4n) is 5.07. The number of benzene rings is 4. The van der Waals surface area contributed by atoms with Gasteiger partial charge in [-0.15, -0.1) is 0 Å². The molecule has 11 heteroatoms. The van der Waals surface area contributed by atoms with Crippen LogP contribution in [0.25, 0.3) is 0 Å². The average Bonchev–Trinajstić information content (AvgIpc) is 3.50. The highest BCUT2D eigenvalue weighted by atomic mass is 35.5. The molecule has 1 aromatic heterocycles. The first-order valence-corrected chi connectivity index (χ1v) is 14.7. The number of nitrogens with zero attached hydrogens (tertiary/aromatic N) is 4. The van der Waals surface area contributed by atoms with Crippen molar-refractivity contribution >= 4 is 34.7 Å². The minimum Gasteiger partial charge on any atom is -0.497 e. The summed E-state index contributed by atoms with van der Waals surface area (Å²) in [5, 5.41) is 5.51. The van der Waals surface area contributed by atoms with Crippen molar-refractivity contribution in [2.75, 3.05) is 19.1 Å². The molecular weight excluding hydrogens is 615 g/mol. The zero-order chi connectivity index (χ0) is 31.5. The molecule has 0 saturated carbocycles. The van der Waals surface area contributed by atoms with Crippen LogP contribution in [-0.4, -0.2) is 29.2 Å². The van der Waals surface area contributed by atoms with Crippen molar-refractivity contribution in [3.8, 4) is 11.5 Å². The molecule has 2 heterocycles. The maximum Gasteiger partial charge on any atom is 0.331 e. The number of aromatic nitrogens is 2. The van der Waals surface area contributed by atoms with Gasteiger partial charge in [0.15, 0.2) is 5.84 Å². The van der Waals surface area contributed by atoms with E-state index in [1.54, 1.807) is 73.8 Å². The second-order valence-electron chi connectivity index (χ2n) is 10.3. The van der Waals surface area contributed by atoms with Gasteiger partial charge in [0.1, 0.15) is 17.2 Å². The second kappa shape index (κ2) is 12.9. The van der Waals surface area contributed by atoms with Crippen molar-refractivity contribution in [2.24, 2.45) is 5.16 Å². The molecule has 9 nitrogen and oxygen atoms in total. The van der Waals surface area contributed by atoms with Crippen molar-refractivity contribution in [1.82, 2.24) is 9.13 Å². The Labute approximate surface area is 269 Å². The molecule has 1 unspecified atom stereocenters. The highest BCUT2D eigenvalue weighted by molar-refractivity contribution is 6.31. The number of oxime groups is 1. The molecule has 0 amide bonds. The molecule has 6 rings (SSSR count). The Balaban J connectivity index is 1.52. The lowest BCUT2D eigenvalue weighted by atomic mass is 10.1. The Kier molecular flexibility index (Phi) is 8.64. The molecule has 1 atom stereocenters. The van der Waals surface area contributed by atoms with Crippen molar-refractivity contribution in [1.29, 1.82) is 0 Å². The van der Waals surface area contributed by atoms with E-state index in [2.05, 4.69) is 5.16 Å². The summed E-state index contributed by atoms with van der Waals surface area (Å²) in [6.07, 6.45) is 0.740. The van der Waals surface area contributed by atoms with E-state index >= 15 is 0 Å². The third-order valence-corrected chi connectivity index (χ3v) is 7.95. The summed E-state index contributed by atoms with van der Waals surface area (Å²) in [6.45, 7) is 0.234. The molecule has 0 bridgehead atoms. The first-order chi connectivity index (χ1) is 21.8. The van der Waals surface area contributed by atoms with Gasteiger partial charge in [-0.05, 0) is 71.8 Å². The molecule has 45 heavy (non-hydrogen) atoms. The number of hydrogen-bond acceptors (Lipinski definition) is 7. The van der Waals surface area contributed by atoms with Gasteiger partial charge in [-0.2, -0.15) is 0 Å². The molecule has 0 radical (unpaired) electrons. The zero-order valence-corrected chi connectivity index (χ0v) is 25.9. The van der Waals surface area contributed by atoms with Crippen molar-refractivity contribution in [2.45, 2.75) is 19.3 Å². The SMILES string of the molecule is COc1ccc(Cn2cc(N3C(c4ccc(Cl)cc4)=NOC3c3ccc(Cl)cc3)c(=O)n(Cc3ccc(OC)cc3)c2=O)cc1. The van der Waals surface area contributed by atoms with Crippen LogP contribution < -0.4 is 25.6 Å². The number of ether oxygens (including phenoxy) is 2. The van der Waals surface area contributed by atoms with E-state index in [1.807, 2.05) is 48.5 Å². The van der Waals surface area contributed by atoms with E-state index in [0.717, 1.165) is 11.1 Å². The Hall–Kier alpha value is -4.99. The predicted molar refractivity (Wildman–Crippen MR) is 175 cm³/mol. The Morgan fingerprint density at radius 1 is 0.733 bits per heavy atom. The lowest BCUT2D eigenvalue weighted by Gasteiger charge is -2.26. The number of anilines is 1. The lowest BCUT2D eigenvalue weighted by Crippen LogP contribution is -2.45. The molecular formula is C34H28Cl2N4O5. The summed E-state index contributed by atoms with van der Waals surface area (Å²) < 4.78 is 13.3. The van der Waals surface area contributed by atoms with E-state index in [9.17, 15) is 9.59 Å². The van der Waals surface area contributed by atoms with Gasteiger partial charge in [-0.3, -0.25) is 18.8 Å². The minimum absolute atomic E-state index is 0.0336. The summed E-state index contributed by atoms with van der Waals surface area (Å²) in [6, 6.07) is 28.8. The van der Waals surface area contributed by atoms with Gasteiger partial charge in [0.05, 0.1) is 27.3 Å². The van der Waals surface area contributed by atoms with E-state index in [0.29, 0.717) is 38.5 Å². The van der Waals surface area contributed by atoms with Gasteiger partial charge in [-0.1, -0.05) is 64.8 Å². The summed E-state index contributed by atoms with van der Waals surface area (Å²) in [4.78, 5) is 36.0. The standard InChI is InChI=1S/C34H28Cl2N4O5/c1-43-28-15-3-22(4-16-28)19-38-21-30(32(41)39(34(38)42)20-23-5-17-29(44-2)18-6-23)40-31(24-7-11-26(35)12-8-24)37-45-33(40)25-9-13-27(36)14-10-25/h3-18,21,33H,19-20H2,1-2H3. The number of methoxy groups -OCH3 is 2. The van der Waals surface area contributed by atoms with Crippen LogP contribution in [-0.2, 0) is 17.9 Å². The fourth-order valence-corrected chi connectivity index (χ4v) is 5.32. The smallest absolute Gasteiger partial charge is 0.331 e. The van der Waals surface area contributed by atoms with E-state index in [4.69, 9.17) is 37.5 Å². The molecule has 1 aliphatic heterocycles. The van der Waals surface area contributed by atoms with Crippen LogP contribution in [0.15, 0.2) is 118 Å². The van der Waals surface area contributed by atoms with Gasteiger partial charge in [0.25, 0.3) is 5.56 Å². The van der Waals surface area contributed by atoms with Crippen molar-refractivity contribution in [3.63, 3.8) is 0 Å². The van der Waals surface area contributed by atoms with Crippen LogP contribution in [0, 0.1) is 0 Å². The van der Waals surface area contributed by atoms with Gasteiger partial charge in [-0.25, -0.2) is 4.79 Å². The number of rotatable bonds is 9. The Morgan fingerprint density at radius 2 is 1.27 bits per heavy atom. The monoisotopic (exact) mass is 642 g/mol. The molecule has 0 fully saturated rings. The third kappa shape index (κ3) is 6.31. The normalized spacial score (nSPS) is 14.2. The molecule has 0 saturated heterocycles. The molecule has 0 spiro atoms. The summed E-state index contributed by atoms with van der Waals surface area (Å²) in [5.74, 6) is 1.75. The third-order valence-electron chi connectivity index (χ3n) is 7.45. The van der Waals surface area contributed by atoms with Gasteiger partial charge < -0.3 is 14.3 Å². The maximum absolute atomic E-state index is 14.4.